The minimum absolute atomic E-state index is 0.0194. The average Bonchev–Trinajstić information content (AvgIpc) is 2.99. The predicted molar refractivity (Wildman–Crippen MR) is 78.4 cm³/mol. The van der Waals surface area contributed by atoms with E-state index < -0.39 is 48.8 Å². The second-order valence-corrected chi connectivity index (χ2v) is 5.77. The van der Waals surface area contributed by atoms with Gasteiger partial charge >= 0.3 is 12.1 Å². The molecule has 2 rings (SSSR count). The molecule has 1 fully saturated rings. The Morgan fingerprint density at radius 2 is 1.92 bits per heavy atom. The minimum Gasteiger partial charge on any atom is -0.491 e. The third-order valence-electron chi connectivity index (χ3n) is 4.04. The normalized spacial score (nSPS) is 20.6. The van der Waals surface area contributed by atoms with Gasteiger partial charge in [-0.3, -0.25) is 9.59 Å². The Morgan fingerprint density at radius 1 is 1.24 bits per heavy atom. The van der Waals surface area contributed by atoms with E-state index in [4.69, 9.17) is 9.84 Å². The number of benzene rings is 1. The number of amides is 1. The highest BCUT2D eigenvalue weighted by atomic mass is 19.4. The van der Waals surface area contributed by atoms with Crippen molar-refractivity contribution in [2.75, 3.05) is 19.7 Å². The molecule has 1 saturated heterocycles. The summed E-state index contributed by atoms with van der Waals surface area (Å²) in [6, 6.07) is 5.71. The molecule has 0 unspecified atom stereocenters. The number of carbonyl (C=O) groups is 2. The van der Waals surface area contributed by atoms with Crippen molar-refractivity contribution in [1.82, 2.24) is 4.90 Å². The van der Waals surface area contributed by atoms with Gasteiger partial charge in [0.15, 0.2) is 11.6 Å². The quantitative estimate of drug-likeness (QED) is 0.623. The van der Waals surface area contributed by atoms with E-state index in [0.717, 1.165) is 4.90 Å². The molecule has 0 bridgehead atoms. The minimum atomic E-state index is -4.67. The fraction of sp³-hybridized carbons (Fsp3) is 0.500. The van der Waals surface area contributed by atoms with Gasteiger partial charge in [-0.15, -0.1) is 0 Å². The van der Waals surface area contributed by atoms with Gasteiger partial charge in [-0.2, -0.15) is 13.2 Å². The van der Waals surface area contributed by atoms with Crippen LogP contribution in [0.4, 0.5) is 17.6 Å². The van der Waals surface area contributed by atoms with Crippen LogP contribution in [0.1, 0.15) is 12.8 Å². The van der Waals surface area contributed by atoms with Crippen molar-refractivity contribution < 1.29 is 37.0 Å². The van der Waals surface area contributed by atoms with Crippen molar-refractivity contribution in [2.45, 2.75) is 19.0 Å². The van der Waals surface area contributed by atoms with Gasteiger partial charge < -0.3 is 14.7 Å². The standard InChI is InChI=1S/C16H17F4NO4/c17-12-4-1-2-5-13(12)25-7-3-6-14(22)21-8-10(15(23)24)11(9-21)16(18,19)20/h1-2,4-5,10-11H,3,6-9H2,(H,23,24)/t10-,11-/m1/s1. The van der Waals surface area contributed by atoms with Crippen molar-refractivity contribution in [3.8, 4) is 5.75 Å². The smallest absolute Gasteiger partial charge is 0.394 e. The average molecular weight is 363 g/mol. The predicted octanol–water partition coefficient (Wildman–Crippen LogP) is 2.71. The van der Waals surface area contributed by atoms with Gasteiger partial charge in [-0.25, -0.2) is 4.39 Å². The Morgan fingerprint density at radius 3 is 2.48 bits per heavy atom. The molecule has 1 amide bonds. The molecule has 1 aromatic carbocycles. The molecular weight excluding hydrogens is 346 g/mol. The molecule has 1 N–H and O–H groups in total. The summed E-state index contributed by atoms with van der Waals surface area (Å²) in [4.78, 5) is 23.9. The number of halogens is 4. The van der Waals surface area contributed by atoms with Gasteiger partial charge in [0.25, 0.3) is 0 Å². The highest BCUT2D eigenvalue weighted by Gasteiger charge is 2.53. The van der Waals surface area contributed by atoms with E-state index >= 15 is 0 Å². The van der Waals surface area contributed by atoms with Gasteiger partial charge in [0.05, 0.1) is 18.4 Å². The number of carboxylic acid groups (broad SMARTS) is 1. The summed E-state index contributed by atoms with van der Waals surface area (Å²) < 4.78 is 57.1. The van der Waals surface area contributed by atoms with E-state index in [-0.39, 0.29) is 25.2 Å². The summed E-state index contributed by atoms with van der Waals surface area (Å²) in [5.74, 6) is -6.39. The lowest BCUT2D eigenvalue weighted by Gasteiger charge is -2.18. The number of aliphatic carboxylic acids is 1. The van der Waals surface area contributed by atoms with E-state index in [0.29, 0.717) is 0 Å². The molecule has 1 heterocycles. The van der Waals surface area contributed by atoms with Crippen LogP contribution in [-0.2, 0) is 9.59 Å². The van der Waals surface area contributed by atoms with Crippen LogP contribution in [0, 0.1) is 17.7 Å². The zero-order valence-corrected chi connectivity index (χ0v) is 13.1. The molecule has 0 spiro atoms. The Kier molecular flexibility index (Phi) is 5.86. The monoisotopic (exact) mass is 363 g/mol. The van der Waals surface area contributed by atoms with E-state index in [2.05, 4.69) is 0 Å². The highest BCUT2D eigenvalue weighted by molar-refractivity contribution is 5.79. The Hall–Kier alpha value is -2.32. The first-order valence-corrected chi connectivity index (χ1v) is 7.64. The summed E-state index contributed by atoms with van der Waals surface area (Å²) in [7, 11) is 0. The number of carbonyl (C=O) groups excluding carboxylic acids is 1. The van der Waals surface area contributed by atoms with Crippen molar-refractivity contribution in [2.24, 2.45) is 11.8 Å². The number of alkyl halides is 3. The molecule has 0 radical (unpaired) electrons. The number of carboxylic acids is 1. The molecule has 1 aliphatic rings. The number of ether oxygens (including phenoxy) is 1. The van der Waals surface area contributed by atoms with Gasteiger partial charge in [-0.1, -0.05) is 12.1 Å². The van der Waals surface area contributed by atoms with Gasteiger partial charge in [0.2, 0.25) is 5.91 Å². The van der Waals surface area contributed by atoms with E-state index in [1.807, 2.05) is 0 Å². The first-order chi connectivity index (χ1) is 11.7. The van der Waals surface area contributed by atoms with Crippen molar-refractivity contribution >= 4 is 11.9 Å². The Balaban J connectivity index is 1.83. The van der Waals surface area contributed by atoms with E-state index in [1.165, 1.54) is 18.2 Å². The van der Waals surface area contributed by atoms with E-state index in [1.54, 1.807) is 6.07 Å². The van der Waals surface area contributed by atoms with Crippen molar-refractivity contribution in [1.29, 1.82) is 0 Å². The lowest BCUT2D eigenvalue weighted by atomic mass is 9.96. The lowest BCUT2D eigenvalue weighted by Crippen LogP contribution is -2.34. The molecule has 1 aromatic rings. The maximum Gasteiger partial charge on any atom is 0.394 e. The van der Waals surface area contributed by atoms with Gasteiger partial charge in [0.1, 0.15) is 0 Å². The molecule has 5 nitrogen and oxygen atoms in total. The first kappa shape index (κ1) is 19.0. The molecule has 138 valence electrons. The fourth-order valence-corrected chi connectivity index (χ4v) is 2.71. The molecule has 0 aromatic heterocycles. The molecule has 1 aliphatic heterocycles. The highest BCUT2D eigenvalue weighted by Crippen LogP contribution is 2.37. The summed E-state index contributed by atoms with van der Waals surface area (Å²) >= 11 is 0. The second kappa shape index (κ2) is 7.71. The molecule has 2 atom stereocenters. The maximum absolute atomic E-state index is 13.3. The molecule has 0 aliphatic carbocycles. The van der Waals surface area contributed by atoms with Crippen LogP contribution in [0.15, 0.2) is 24.3 Å². The summed E-state index contributed by atoms with van der Waals surface area (Å²) in [5, 5.41) is 8.92. The van der Waals surface area contributed by atoms with Gasteiger partial charge in [-0.05, 0) is 18.6 Å². The zero-order chi connectivity index (χ0) is 18.6. The summed E-state index contributed by atoms with van der Waals surface area (Å²) in [6.07, 6.45) is -4.60. The van der Waals surface area contributed by atoms with E-state index in [9.17, 15) is 27.2 Å². The van der Waals surface area contributed by atoms with Crippen LogP contribution < -0.4 is 4.74 Å². The Labute approximate surface area is 141 Å². The van der Waals surface area contributed by atoms with Crippen LogP contribution in [0.2, 0.25) is 0 Å². The third-order valence-corrected chi connectivity index (χ3v) is 4.04. The summed E-state index contributed by atoms with van der Waals surface area (Å²) in [6.45, 7) is -1.11. The number of para-hydroxylation sites is 1. The topological polar surface area (TPSA) is 66.8 Å². The van der Waals surface area contributed by atoms with Crippen LogP contribution in [0.25, 0.3) is 0 Å². The lowest BCUT2D eigenvalue weighted by molar-refractivity contribution is -0.188. The van der Waals surface area contributed by atoms with Crippen LogP contribution in [0.5, 0.6) is 5.75 Å². The molecular formula is C16H17F4NO4. The Bertz CT molecular complexity index is 635. The SMILES string of the molecule is O=C(O)[C@@H]1CN(C(=O)CCCOc2ccccc2F)C[C@H]1C(F)(F)F. The number of hydrogen-bond donors (Lipinski definition) is 1. The zero-order valence-electron chi connectivity index (χ0n) is 13.1. The first-order valence-electron chi connectivity index (χ1n) is 7.64. The van der Waals surface area contributed by atoms with Crippen molar-refractivity contribution in [3.63, 3.8) is 0 Å². The molecule has 0 saturated carbocycles. The number of rotatable bonds is 6. The number of hydrogen-bond acceptors (Lipinski definition) is 3. The summed E-state index contributed by atoms with van der Waals surface area (Å²) in [5.41, 5.74) is 0. The largest absolute Gasteiger partial charge is 0.491 e. The molecule has 9 heteroatoms. The van der Waals surface area contributed by atoms with Crippen LogP contribution in [0.3, 0.4) is 0 Å². The van der Waals surface area contributed by atoms with Gasteiger partial charge in [0, 0.05) is 19.5 Å². The molecule has 25 heavy (non-hydrogen) atoms. The van der Waals surface area contributed by atoms with Crippen molar-refractivity contribution in [3.05, 3.63) is 30.1 Å². The second-order valence-electron chi connectivity index (χ2n) is 5.77. The fourth-order valence-electron chi connectivity index (χ4n) is 2.71. The third kappa shape index (κ3) is 4.83. The number of likely N-dealkylation sites (tertiary alicyclic amines) is 1. The van der Waals surface area contributed by atoms with Crippen LogP contribution >= 0.6 is 0 Å². The maximum atomic E-state index is 13.3. The van der Waals surface area contributed by atoms with Crippen LogP contribution in [-0.4, -0.2) is 47.8 Å². The number of nitrogens with zero attached hydrogens (tertiary/aromatic N) is 1.